The number of rotatable bonds is 4. The zero-order valence-corrected chi connectivity index (χ0v) is 23.6. The van der Waals surface area contributed by atoms with E-state index in [9.17, 15) is 0 Å². The molecular formula is C36H25IrN2O. The third kappa shape index (κ3) is 6.10. The standard InChI is InChI=1S/C25H17NO.C11H8N.Ir/c1-17-7-5-10-19(15-17)21-11-6-12-22-23-14-13-20(26-25(23)27-24(21)22)16-18-8-3-2-4-9-18;1-2-6-10(7-3-1)11-8-4-5-9-12-11;/h2-9,12-15H,16H2,1H3;1-6,8-9H;/q-2;-1;+3/i1D3,16D2;;. The van der Waals surface area contributed by atoms with Crippen molar-refractivity contribution in [3.8, 4) is 22.4 Å². The minimum absolute atomic E-state index is 0. The van der Waals surface area contributed by atoms with Gasteiger partial charge in [-0.3, -0.25) is 0 Å². The SMILES string of the molecule is [2H]C([2H])([2H])c1cc[c-]c(-c2[c-]ccc3c2oc2nc(C([2H])([2H])c4ccccc4)ccc23)c1.[Ir+3].[c-]1ccccc1-c1ccccn1. The average molecular weight is 699 g/mol. The van der Waals surface area contributed by atoms with Crippen LogP contribution < -0.4 is 0 Å². The van der Waals surface area contributed by atoms with Crippen LogP contribution in [0, 0.1) is 25.1 Å². The van der Waals surface area contributed by atoms with Gasteiger partial charge in [-0.1, -0.05) is 54.7 Å². The first-order valence-corrected chi connectivity index (χ1v) is 12.4. The second-order valence-corrected chi connectivity index (χ2v) is 8.72. The van der Waals surface area contributed by atoms with Crippen molar-refractivity contribution >= 4 is 22.1 Å². The van der Waals surface area contributed by atoms with E-state index in [0.29, 0.717) is 28.0 Å². The Hall–Kier alpha value is -4.37. The maximum atomic E-state index is 8.57. The zero-order chi connectivity index (χ0) is 30.7. The molecule has 7 aromatic rings. The second kappa shape index (κ2) is 12.7. The summed E-state index contributed by atoms with van der Waals surface area (Å²) in [6.07, 6.45) is 0.00136. The molecule has 0 saturated carbocycles. The summed E-state index contributed by atoms with van der Waals surface area (Å²) in [4.78, 5) is 8.71. The number of hydrogen-bond acceptors (Lipinski definition) is 3. The number of benzene rings is 4. The van der Waals surface area contributed by atoms with E-state index in [1.54, 1.807) is 60.8 Å². The Morgan fingerprint density at radius 1 is 0.775 bits per heavy atom. The minimum Gasteiger partial charge on any atom is -0.496 e. The van der Waals surface area contributed by atoms with Crippen LogP contribution in [0.2, 0.25) is 0 Å². The summed E-state index contributed by atoms with van der Waals surface area (Å²) in [6, 6.07) is 43.6. The Kier molecular flexibility index (Phi) is 6.79. The van der Waals surface area contributed by atoms with Crippen LogP contribution in [0.5, 0.6) is 0 Å². The fraction of sp³-hybridized carbons (Fsp3) is 0.0556. The molecular weight excluding hydrogens is 669 g/mol. The molecule has 4 heteroatoms. The number of furan rings is 1. The fourth-order valence-electron chi connectivity index (χ4n) is 4.25. The van der Waals surface area contributed by atoms with Crippen molar-refractivity contribution < 1.29 is 31.4 Å². The van der Waals surface area contributed by atoms with Crippen LogP contribution in [0.1, 0.15) is 23.7 Å². The molecule has 0 aliphatic rings. The summed E-state index contributed by atoms with van der Waals surface area (Å²) in [7, 11) is 0. The molecule has 4 aromatic carbocycles. The van der Waals surface area contributed by atoms with Gasteiger partial charge in [-0.05, 0) is 29.5 Å². The van der Waals surface area contributed by atoms with Gasteiger partial charge >= 0.3 is 20.1 Å². The van der Waals surface area contributed by atoms with E-state index >= 15 is 0 Å². The molecule has 0 atom stereocenters. The summed E-state index contributed by atoms with van der Waals surface area (Å²) in [5.41, 5.74) is 4.93. The van der Waals surface area contributed by atoms with E-state index in [4.69, 9.17) is 11.3 Å². The van der Waals surface area contributed by atoms with Crippen molar-refractivity contribution in [3.63, 3.8) is 0 Å². The van der Waals surface area contributed by atoms with Gasteiger partial charge < -0.3 is 9.40 Å². The largest absolute Gasteiger partial charge is 3.00 e. The molecule has 194 valence electrons. The van der Waals surface area contributed by atoms with Gasteiger partial charge in [0.25, 0.3) is 0 Å². The number of nitrogens with zero attached hydrogens (tertiary/aromatic N) is 2. The van der Waals surface area contributed by atoms with Crippen LogP contribution in [-0.2, 0) is 26.5 Å². The molecule has 0 spiro atoms. The number of hydrogen-bond donors (Lipinski definition) is 0. The Morgan fingerprint density at radius 2 is 1.60 bits per heavy atom. The monoisotopic (exact) mass is 699 g/mol. The molecule has 3 nitrogen and oxygen atoms in total. The Morgan fingerprint density at radius 3 is 2.40 bits per heavy atom. The van der Waals surface area contributed by atoms with Crippen molar-refractivity contribution in [2.75, 3.05) is 0 Å². The quantitative estimate of drug-likeness (QED) is 0.173. The molecule has 40 heavy (non-hydrogen) atoms. The van der Waals surface area contributed by atoms with Crippen LogP contribution in [-0.4, -0.2) is 9.97 Å². The van der Waals surface area contributed by atoms with E-state index in [-0.39, 0.29) is 31.4 Å². The predicted octanol–water partition coefficient (Wildman–Crippen LogP) is 8.69. The van der Waals surface area contributed by atoms with Gasteiger partial charge in [0, 0.05) is 36.1 Å². The minimum atomic E-state index is -2.23. The van der Waals surface area contributed by atoms with Gasteiger partial charge in [0.15, 0.2) is 0 Å². The number of aromatic nitrogens is 2. The number of fused-ring (bicyclic) bond motifs is 3. The molecule has 0 amide bonds. The van der Waals surface area contributed by atoms with Gasteiger partial charge in [-0.2, -0.15) is 35.9 Å². The summed E-state index contributed by atoms with van der Waals surface area (Å²) >= 11 is 0. The van der Waals surface area contributed by atoms with E-state index in [0.717, 1.165) is 22.0 Å². The molecule has 3 heterocycles. The van der Waals surface area contributed by atoms with Crippen LogP contribution in [0.3, 0.4) is 0 Å². The number of pyridine rings is 2. The van der Waals surface area contributed by atoms with E-state index in [2.05, 4.69) is 28.2 Å². The maximum Gasteiger partial charge on any atom is 3.00 e. The van der Waals surface area contributed by atoms with Crippen LogP contribution in [0.25, 0.3) is 44.5 Å². The molecule has 0 aliphatic carbocycles. The summed E-state index contributed by atoms with van der Waals surface area (Å²) in [5.74, 6) is 0. The third-order valence-electron chi connectivity index (χ3n) is 6.07. The first kappa shape index (κ1) is 21.5. The number of aryl methyl sites for hydroxylation is 1. The smallest absolute Gasteiger partial charge is 0.496 e. The first-order chi connectivity index (χ1) is 21.2. The second-order valence-electron chi connectivity index (χ2n) is 8.72. The molecule has 0 aliphatic heterocycles. The molecule has 0 bridgehead atoms. The summed E-state index contributed by atoms with van der Waals surface area (Å²) < 4.78 is 46.2. The van der Waals surface area contributed by atoms with Gasteiger partial charge in [-0.15, -0.1) is 53.6 Å². The van der Waals surface area contributed by atoms with Crippen molar-refractivity contribution in [1.82, 2.24) is 9.97 Å². The van der Waals surface area contributed by atoms with E-state index in [1.165, 1.54) is 6.07 Å². The van der Waals surface area contributed by atoms with Crippen molar-refractivity contribution in [2.45, 2.75) is 13.2 Å². The molecule has 0 unspecified atom stereocenters. The molecule has 0 fully saturated rings. The van der Waals surface area contributed by atoms with Gasteiger partial charge in [-0.25, -0.2) is 10.5 Å². The summed E-state index contributed by atoms with van der Waals surface area (Å²) in [5, 5.41) is 1.54. The molecule has 3 aromatic heterocycles. The van der Waals surface area contributed by atoms with Crippen LogP contribution in [0.4, 0.5) is 0 Å². The third-order valence-corrected chi connectivity index (χ3v) is 6.07. The van der Waals surface area contributed by atoms with E-state index < -0.39 is 13.2 Å². The van der Waals surface area contributed by atoms with Crippen LogP contribution in [0.15, 0.2) is 126 Å². The zero-order valence-electron chi connectivity index (χ0n) is 26.2. The normalized spacial score (nSPS) is 13.1. The molecule has 0 saturated heterocycles. The van der Waals surface area contributed by atoms with Crippen molar-refractivity contribution in [2.24, 2.45) is 0 Å². The van der Waals surface area contributed by atoms with Crippen molar-refractivity contribution in [3.05, 3.63) is 156 Å². The first-order valence-electron chi connectivity index (χ1n) is 14.9. The van der Waals surface area contributed by atoms with Gasteiger partial charge in [0.1, 0.15) is 0 Å². The van der Waals surface area contributed by atoms with Crippen molar-refractivity contribution in [1.29, 1.82) is 0 Å². The predicted molar refractivity (Wildman–Crippen MR) is 157 cm³/mol. The molecule has 7 rings (SSSR count). The van der Waals surface area contributed by atoms with E-state index in [1.807, 2.05) is 54.6 Å². The van der Waals surface area contributed by atoms with Gasteiger partial charge in [0.2, 0.25) is 5.71 Å². The maximum absolute atomic E-state index is 8.57. The molecule has 0 N–H and O–H groups in total. The Labute approximate surface area is 254 Å². The average Bonchev–Trinajstić information content (AvgIpc) is 3.44. The molecule has 0 radical (unpaired) electrons. The topological polar surface area (TPSA) is 38.9 Å². The fourth-order valence-corrected chi connectivity index (χ4v) is 4.25. The van der Waals surface area contributed by atoms with Crippen LogP contribution >= 0.6 is 0 Å². The van der Waals surface area contributed by atoms with Gasteiger partial charge in [0.05, 0.1) is 0 Å². The Balaban J connectivity index is 0.000000258. The summed E-state index contributed by atoms with van der Waals surface area (Å²) in [6.45, 7) is -2.23. The Bertz CT molecular complexity index is 1990.